The van der Waals surface area contributed by atoms with Crippen LogP contribution in [-0.2, 0) is 0 Å². The largest absolute Gasteiger partial charge is 0.485 e. The Morgan fingerprint density at radius 2 is 1.79 bits per heavy atom. The molecule has 0 aliphatic carbocycles. The minimum Gasteiger partial charge on any atom is -0.485 e. The van der Waals surface area contributed by atoms with Crippen molar-refractivity contribution in [3.8, 4) is 5.75 Å². The molecule has 3 nitrogen and oxygen atoms in total. The molecule has 0 saturated heterocycles. The summed E-state index contributed by atoms with van der Waals surface area (Å²) in [5, 5.41) is 3.13. The van der Waals surface area contributed by atoms with Crippen LogP contribution in [0.5, 0.6) is 5.75 Å². The van der Waals surface area contributed by atoms with Crippen LogP contribution in [0.4, 0.5) is 0 Å². The van der Waals surface area contributed by atoms with Crippen molar-refractivity contribution in [3.63, 3.8) is 0 Å². The van der Waals surface area contributed by atoms with Gasteiger partial charge in [-0.15, -0.1) is 0 Å². The molecule has 1 heterocycles. The Labute approximate surface area is 147 Å². The van der Waals surface area contributed by atoms with E-state index in [1.54, 1.807) is 6.20 Å². The molecule has 4 aromatic rings. The Kier molecular flexibility index (Phi) is 3.82. The first-order chi connectivity index (χ1) is 11.7. The number of halogens is 1. The van der Waals surface area contributed by atoms with Gasteiger partial charge in [-0.3, -0.25) is 4.79 Å². The molecule has 0 atom stereocenters. The minimum atomic E-state index is -0.0386. The number of fused-ring (bicyclic) bond motifs is 2. The quantitative estimate of drug-likeness (QED) is 0.486. The first kappa shape index (κ1) is 15.0. The van der Waals surface area contributed by atoms with Gasteiger partial charge in [0.25, 0.3) is 0 Å². The van der Waals surface area contributed by atoms with Gasteiger partial charge in [-0.25, -0.2) is 0 Å². The number of carbonyl (C=O) groups is 1. The molecule has 0 spiro atoms. The Bertz CT molecular complexity index is 1050. The third-order valence-electron chi connectivity index (χ3n) is 4.03. The van der Waals surface area contributed by atoms with Gasteiger partial charge in [0.15, 0.2) is 6.61 Å². The van der Waals surface area contributed by atoms with Crippen LogP contribution in [0.1, 0.15) is 10.4 Å². The van der Waals surface area contributed by atoms with Crippen LogP contribution in [0.25, 0.3) is 21.7 Å². The molecule has 0 radical (unpaired) electrons. The first-order valence-electron chi connectivity index (χ1n) is 7.62. The van der Waals surface area contributed by atoms with Gasteiger partial charge in [-0.1, -0.05) is 46.3 Å². The predicted octanol–water partition coefficient (Wildman–Crippen LogP) is 5.35. The molecule has 3 aromatic carbocycles. The zero-order valence-electron chi connectivity index (χ0n) is 12.8. The Hall–Kier alpha value is -2.59. The Morgan fingerprint density at radius 1 is 1.00 bits per heavy atom. The number of Topliss-reactive ketones (excluding diaryl/α,β-unsaturated/α-hetero) is 1. The van der Waals surface area contributed by atoms with E-state index in [1.807, 2.05) is 54.6 Å². The van der Waals surface area contributed by atoms with Crippen LogP contribution in [-0.4, -0.2) is 17.4 Å². The van der Waals surface area contributed by atoms with Crippen molar-refractivity contribution >= 4 is 43.4 Å². The zero-order chi connectivity index (χ0) is 16.5. The van der Waals surface area contributed by atoms with Crippen LogP contribution in [0.15, 0.2) is 71.3 Å². The SMILES string of the molecule is O=C(COc1ccc2cc(Br)ccc2c1)c1c[nH]c2ccccc12. The van der Waals surface area contributed by atoms with Gasteiger partial charge in [0.05, 0.1) is 0 Å². The maximum Gasteiger partial charge on any atom is 0.202 e. The van der Waals surface area contributed by atoms with Gasteiger partial charge in [0, 0.05) is 27.1 Å². The molecule has 0 aliphatic rings. The topological polar surface area (TPSA) is 42.1 Å². The highest BCUT2D eigenvalue weighted by Gasteiger charge is 2.12. The zero-order valence-corrected chi connectivity index (χ0v) is 14.3. The molecule has 1 N–H and O–H groups in total. The van der Waals surface area contributed by atoms with E-state index in [1.165, 1.54) is 0 Å². The van der Waals surface area contributed by atoms with Crippen molar-refractivity contribution < 1.29 is 9.53 Å². The normalized spacial score (nSPS) is 11.0. The van der Waals surface area contributed by atoms with E-state index in [9.17, 15) is 4.79 Å². The third kappa shape index (κ3) is 2.81. The molecule has 118 valence electrons. The first-order valence-corrected chi connectivity index (χ1v) is 8.41. The third-order valence-corrected chi connectivity index (χ3v) is 4.53. The molecule has 0 amide bonds. The number of carbonyl (C=O) groups excluding carboxylic acids is 1. The Balaban J connectivity index is 1.54. The molecule has 1 aromatic heterocycles. The lowest BCUT2D eigenvalue weighted by molar-refractivity contribution is 0.0923. The number of nitrogens with one attached hydrogen (secondary N) is 1. The second kappa shape index (κ2) is 6.13. The van der Waals surface area contributed by atoms with E-state index >= 15 is 0 Å². The van der Waals surface area contributed by atoms with E-state index in [-0.39, 0.29) is 12.4 Å². The van der Waals surface area contributed by atoms with Crippen molar-refractivity contribution in [1.82, 2.24) is 4.98 Å². The van der Waals surface area contributed by atoms with Gasteiger partial charge < -0.3 is 9.72 Å². The maximum absolute atomic E-state index is 12.5. The van der Waals surface area contributed by atoms with Crippen molar-refractivity contribution in [2.45, 2.75) is 0 Å². The molecule has 0 bridgehead atoms. The number of ketones is 1. The summed E-state index contributed by atoms with van der Waals surface area (Å²) in [6.07, 6.45) is 1.74. The number of para-hydroxylation sites is 1. The molecule has 24 heavy (non-hydrogen) atoms. The number of benzene rings is 3. The van der Waals surface area contributed by atoms with Gasteiger partial charge in [0.2, 0.25) is 5.78 Å². The molecule has 4 rings (SSSR count). The lowest BCUT2D eigenvalue weighted by Crippen LogP contribution is -2.11. The molecular weight excluding hydrogens is 366 g/mol. The van der Waals surface area contributed by atoms with E-state index in [2.05, 4.69) is 27.0 Å². The highest BCUT2D eigenvalue weighted by molar-refractivity contribution is 9.10. The molecular formula is C20H14BrNO2. The van der Waals surface area contributed by atoms with Crippen molar-refractivity contribution in [1.29, 1.82) is 0 Å². The van der Waals surface area contributed by atoms with Crippen LogP contribution in [0, 0.1) is 0 Å². The lowest BCUT2D eigenvalue weighted by atomic mass is 10.1. The second-order valence-corrected chi connectivity index (χ2v) is 6.53. The molecule has 0 aliphatic heterocycles. The number of ether oxygens (including phenoxy) is 1. The van der Waals surface area contributed by atoms with Gasteiger partial charge in [0.1, 0.15) is 5.75 Å². The van der Waals surface area contributed by atoms with Crippen LogP contribution in [0.3, 0.4) is 0 Å². The van der Waals surface area contributed by atoms with Crippen LogP contribution >= 0.6 is 15.9 Å². The second-order valence-electron chi connectivity index (χ2n) is 5.61. The standard InChI is InChI=1S/C20H14BrNO2/c21-15-7-5-14-10-16(8-6-13(14)9-15)24-12-20(23)18-11-22-19-4-2-1-3-17(18)19/h1-11,22H,12H2. The van der Waals surface area contributed by atoms with E-state index in [0.717, 1.165) is 26.1 Å². The fraction of sp³-hybridized carbons (Fsp3) is 0.0500. The average Bonchev–Trinajstić information content (AvgIpc) is 3.04. The minimum absolute atomic E-state index is 0.0177. The molecule has 0 unspecified atom stereocenters. The maximum atomic E-state index is 12.5. The van der Waals surface area contributed by atoms with Gasteiger partial charge in [-0.2, -0.15) is 0 Å². The van der Waals surface area contributed by atoms with Crippen molar-refractivity contribution in [2.24, 2.45) is 0 Å². The summed E-state index contributed by atoms with van der Waals surface area (Å²) in [5.41, 5.74) is 1.62. The summed E-state index contributed by atoms with van der Waals surface area (Å²) in [6, 6.07) is 19.6. The average molecular weight is 380 g/mol. The monoisotopic (exact) mass is 379 g/mol. The summed E-state index contributed by atoms with van der Waals surface area (Å²) >= 11 is 3.46. The summed E-state index contributed by atoms with van der Waals surface area (Å²) in [7, 11) is 0. The van der Waals surface area contributed by atoms with Gasteiger partial charge in [-0.05, 0) is 41.1 Å². The summed E-state index contributed by atoms with van der Waals surface area (Å²) in [6.45, 7) is 0.0177. The molecule has 4 heteroatoms. The predicted molar refractivity (Wildman–Crippen MR) is 99.8 cm³/mol. The molecule has 0 saturated carbocycles. The molecule has 0 fully saturated rings. The van der Waals surface area contributed by atoms with Crippen molar-refractivity contribution in [3.05, 3.63) is 76.9 Å². The summed E-state index contributed by atoms with van der Waals surface area (Å²) in [5.74, 6) is 0.654. The number of aromatic amines is 1. The number of aromatic nitrogens is 1. The number of hydrogen-bond donors (Lipinski definition) is 1. The Morgan fingerprint density at radius 3 is 2.71 bits per heavy atom. The van der Waals surface area contributed by atoms with Crippen LogP contribution in [0.2, 0.25) is 0 Å². The van der Waals surface area contributed by atoms with Crippen molar-refractivity contribution in [2.75, 3.05) is 6.61 Å². The number of rotatable bonds is 4. The van der Waals surface area contributed by atoms with E-state index < -0.39 is 0 Å². The fourth-order valence-corrected chi connectivity index (χ4v) is 3.19. The van der Waals surface area contributed by atoms with Gasteiger partial charge >= 0.3 is 0 Å². The summed E-state index contributed by atoms with van der Waals surface area (Å²) < 4.78 is 6.74. The van der Waals surface area contributed by atoms with E-state index in [4.69, 9.17) is 4.74 Å². The number of hydrogen-bond acceptors (Lipinski definition) is 2. The lowest BCUT2D eigenvalue weighted by Gasteiger charge is -2.07. The highest BCUT2D eigenvalue weighted by Crippen LogP contribution is 2.24. The van der Waals surface area contributed by atoms with E-state index in [0.29, 0.717) is 11.3 Å². The summed E-state index contributed by atoms with van der Waals surface area (Å²) in [4.78, 5) is 15.6. The number of H-pyrrole nitrogens is 1. The van der Waals surface area contributed by atoms with Crippen LogP contribution < -0.4 is 4.74 Å². The smallest absolute Gasteiger partial charge is 0.202 e. The highest BCUT2D eigenvalue weighted by atomic mass is 79.9. The fourth-order valence-electron chi connectivity index (χ4n) is 2.81.